The molecule has 0 radical (unpaired) electrons. The van der Waals surface area contributed by atoms with E-state index in [-0.39, 0.29) is 23.9 Å². The van der Waals surface area contributed by atoms with Gasteiger partial charge in [-0.05, 0) is 44.9 Å². The van der Waals surface area contributed by atoms with E-state index in [1.165, 1.54) is 0 Å². The van der Waals surface area contributed by atoms with Gasteiger partial charge in [-0.1, -0.05) is 36.4 Å². The van der Waals surface area contributed by atoms with E-state index in [4.69, 9.17) is 0 Å². The van der Waals surface area contributed by atoms with Crippen LogP contribution in [-0.4, -0.2) is 58.7 Å². The second-order valence-corrected chi connectivity index (χ2v) is 8.62. The number of amides is 2. The first-order valence-corrected chi connectivity index (χ1v) is 11.4. The van der Waals surface area contributed by atoms with E-state index in [1.807, 2.05) is 59.3 Å². The van der Waals surface area contributed by atoms with Crippen molar-refractivity contribution in [2.45, 2.75) is 38.8 Å². The molecule has 0 atom stereocenters. The monoisotopic (exact) mass is 433 g/mol. The number of para-hydroxylation sites is 1. The topological polar surface area (TPSA) is 79.3 Å². The van der Waals surface area contributed by atoms with Crippen molar-refractivity contribution in [2.24, 2.45) is 0 Å². The predicted octanol–water partition coefficient (Wildman–Crippen LogP) is 3.24. The fourth-order valence-corrected chi connectivity index (χ4v) is 4.22. The van der Waals surface area contributed by atoms with Crippen LogP contribution in [0.25, 0.3) is 10.9 Å². The van der Waals surface area contributed by atoms with Gasteiger partial charge in [0, 0.05) is 49.2 Å². The summed E-state index contributed by atoms with van der Waals surface area (Å²) in [6.07, 6.45) is 1.83. The van der Waals surface area contributed by atoms with Gasteiger partial charge in [-0.25, -0.2) is 0 Å². The largest absolute Gasteiger partial charge is 0.349 e. The molecule has 1 aromatic heterocycles. The Morgan fingerprint density at radius 2 is 1.69 bits per heavy atom. The lowest BCUT2D eigenvalue weighted by Crippen LogP contribution is -2.46. The molecule has 2 heterocycles. The summed E-state index contributed by atoms with van der Waals surface area (Å²) in [5, 5.41) is 11.6. The van der Waals surface area contributed by atoms with Gasteiger partial charge in [-0.15, -0.1) is 0 Å². The van der Waals surface area contributed by atoms with Crippen molar-refractivity contribution in [3.8, 4) is 0 Å². The van der Waals surface area contributed by atoms with E-state index in [9.17, 15) is 9.59 Å². The van der Waals surface area contributed by atoms with Crippen LogP contribution in [-0.2, 0) is 0 Å². The van der Waals surface area contributed by atoms with Gasteiger partial charge in [-0.2, -0.15) is 5.10 Å². The number of likely N-dealkylation sites (tertiary alicyclic amines) is 1. The minimum Gasteiger partial charge on any atom is -0.349 e. The minimum atomic E-state index is -0.134. The molecule has 0 saturated carbocycles. The van der Waals surface area contributed by atoms with Crippen molar-refractivity contribution in [1.82, 2.24) is 25.3 Å². The molecule has 0 spiro atoms. The van der Waals surface area contributed by atoms with Crippen LogP contribution >= 0.6 is 0 Å². The zero-order valence-corrected chi connectivity index (χ0v) is 18.8. The van der Waals surface area contributed by atoms with Crippen molar-refractivity contribution in [3.63, 3.8) is 0 Å². The summed E-state index contributed by atoms with van der Waals surface area (Å²) in [5.41, 5.74) is 2.16. The average molecular weight is 434 g/mol. The highest BCUT2D eigenvalue weighted by atomic mass is 16.2. The van der Waals surface area contributed by atoms with Gasteiger partial charge in [0.2, 0.25) is 0 Å². The number of carbonyl (C=O) groups excluding carboxylic acids is 2. The Balaban J connectivity index is 1.24. The van der Waals surface area contributed by atoms with E-state index in [1.54, 1.807) is 0 Å². The summed E-state index contributed by atoms with van der Waals surface area (Å²) in [6, 6.07) is 17.6. The molecule has 1 aliphatic heterocycles. The van der Waals surface area contributed by atoms with Crippen LogP contribution in [0.2, 0.25) is 0 Å². The average Bonchev–Trinajstić information content (AvgIpc) is 3.21. The van der Waals surface area contributed by atoms with E-state index in [0.717, 1.165) is 43.4 Å². The fraction of sp³-hybridized carbons (Fsp3) is 0.400. The smallest absolute Gasteiger partial charge is 0.272 e. The number of carbonyl (C=O) groups is 2. The van der Waals surface area contributed by atoms with Crippen molar-refractivity contribution >= 4 is 22.7 Å². The molecule has 7 nitrogen and oxygen atoms in total. The molecule has 0 bridgehead atoms. The normalized spacial score (nSPS) is 15.2. The first-order valence-electron chi connectivity index (χ1n) is 11.4. The molecule has 4 rings (SSSR count). The molecule has 7 heteroatoms. The van der Waals surface area contributed by atoms with E-state index in [2.05, 4.69) is 34.5 Å². The summed E-state index contributed by atoms with van der Waals surface area (Å²) < 4.78 is 1.90. The number of fused-ring (bicyclic) bond motifs is 1. The number of hydrogen-bond donors (Lipinski definition) is 2. The Morgan fingerprint density at radius 1 is 1.00 bits per heavy atom. The Morgan fingerprint density at radius 3 is 2.41 bits per heavy atom. The highest BCUT2D eigenvalue weighted by Crippen LogP contribution is 2.21. The Labute approximate surface area is 188 Å². The molecule has 1 saturated heterocycles. The van der Waals surface area contributed by atoms with Crippen LogP contribution in [0.15, 0.2) is 54.6 Å². The lowest BCUT2D eigenvalue weighted by atomic mass is 10.0. The van der Waals surface area contributed by atoms with Crippen LogP contribution in [0.3, 0.4) is 0 Å². The van der Waals surface area contributed by atoms with Gasteiger partial charge in [0.15, 0.2) is 5.69 Å². The number of nitrogens with zero attached hydrogens (tertiary/aromatic N) is 3. The van der Waals surface area contributed by atoms with Crippen LogP contribution < -0.4 is 10.6 Å². The lowest BCUT2D eigenvalue weighted by molar-refractivity contribution is 0.0898. The third-order valence-electron chi connectivity index (χ3n) is 5.99. The maximum atomic E-state index is 12.8. The second kappa shape index (κ2) is 9.96. The molecule has 32 heavy (non-hydrogen) atoms. The van der Waals surface area contributed by atoms with Crippen molar-refractivity contribution < 1.29 is 9.59 Å². The molecule has 168 valence electrons. The molecule has 1 fully saturated rings. The van der Waals surface area contributed by atoms with E-state index in [0.29, 0.717) is 17.8 Å². The molecule has 2 amide bonds. The number of hydrogen-bond acceptors (Lipinski definition) is 4. The molecule has 2 aromatic carbocycles. The number of aromatic nitrogens is 2. The molecule has 0 aliphatic carbocycles. The molecule has 0 unspecified atom stereocenters. The van der Waals surface area contributed by atoms with Crippen molar-refractivity contribution in [3.05, 3.63) is 65.9 Å². The fourth-order valence-electron chi connectivity index (χ4n) is 4.22. The van der Waals surface area contributed by atoms with E-state index >= 15 is 0 Å². The van der Waals surface area contributed by atoms with Crippen LogP contribution in [0.4, 0.5) is 0 Å². The maximum absolute atomic E-state index is 12.8. The Bertz CT molecular complexity index is 1070. The second-order valence-electron chi connectivity index (χ2n) is 8.62. The highest BCUT2D eigenvalue weighted by molar-refractivity contribution is 6.04. The number of piperidine rings is 1. The number of benzene rings is 2. The quantitative estimate of drug-likeness (QED) is 0.600. The molecule has 3 aromatic rings. The van der Waals surface area contributed by atoms with Crippen LogP contribution in [0.1, 0.15) is 53.6 Å². The van der Waals surface area contributed by atoms with E-state index < -0.39 is 0 Å². The van der Waals surface area contributed by atoms with Gasteiger partial charge in [0.25, 0.3) is 11.8 Å². The van der Waals surface area contributed by atoms with Crippen molar-refractivity contribution in [1.29, 1.82) is 0 Å². The van der Waals surface area contributed by atoms with Gasteiger partial charge < -0.3 is 15.5 Å². The summed E-state index contributed by atoms with van der Waals surface area (Å²) >= 11 is 0. The van der Waals surface area contributed by atoms with Crippen LogP contribution in [0, 0.1) is 0 Å². The lowest BCUT2D eigenvalue weighted by Gasteiger charge is -2.32. The number of nitrogens with one attached hydrogen (secondary N) is 2. The third-order valence-corrected chi connectivity index (χ3v) is 5.99. The minimum absolute atomic E-state index is 0.00984. The zero-order chi connectivity index (χ0) is 22.5. The van der Waals surface area contributed by atoms with Crippen LogP contribution in [0.5, 0.6) is 0 Å². The first-order chi connectivity index (χ1) is 15.5. The Hall–Kier alpha value is -3.19. The zero-order valence-electron chi connectivity index (χ0n) is 18.8. The molecular weight excluding hydrogens is 402 g/mol. The van der Waals surface area contributed by atoms with Gasteiger partial charge in [-0.3, -0.25) is 14.3 Å². The Kier molecular flexibility index (Phi) is 6.85. The third kappa shape index (κ3) is 4.99. The standard InChI is InChI=1S/C25H31N5O2/c1-18(2)30-22-11-7-6-10-21(22)23(28-30)25(32)26-14-17-29-15-12-20(13-16-29)27-24(31)19-8-4-3-5-9-19/h3-11,18,20H,12-17H2,1-2H3,(H,26,32)(H,27,31). The molecule has 2 N–H and O–H groups in total. The van der Waals surface area contributed by atoms with Gasteiger partial charge in [0.1, 0.15) is 0 Å². The van der Waals surface area contributed by atoms with Gasteiger partial charge >= 0.3 is 0 Å². The molecule has 1 aliphatic rings. The molecular formula is C25H31N5O2. The van der Waals surface area contributed by atoms with Crippen molar-refractivity contribution in [2.75, 3.05) is 26.2 Å². The number of rotatable bonds is 7. The summed E-state index contributed by atoms with van der Waals surface area (Å²) in [7, 11) is 0. The maximum Gasteiger partial charge on any atom is 0.272 e. The highest BCUT2D eigenvalue weighted by Gasteiger charge is 2.22. The summed E-state index contributed by atoms with van der Waals surface area (Å²) in [4.78, 5) is 27.5. The summed E-state index contributed by atoms with van der Waals surface area (Å²) in [6.45, 7) is 7.29. The van der Waals surface area contributed by atoms with Gasteiger partial charge in [0.05, 0.1) is 5.52 Å². The summed E-state index contributed by atoms with van der Waals surface area (Å²) in [5.74, 6) is -0.144. The predicted molar refractivity (Wildman–Crippen MR) is 126 cm³/mol. The SMILES string of the molecule is CC(C)n1nc(C(=O)NCCN2CCC(NC(=O)c3ccccc3)CC2)c2ccccc21. The first kappa shape index (κ1) is 22.0.